The highest BCUT2D eigenvalue weighted by Gasteiger charge is 2.58. The van der Waals surface area contributed by atoms with Gasteiger partial charge >= 0.3 is 25.1 Å². The summed E-state index contributed by atoms with van der Waals surface area (Å²) < 4.78 is 77.9. The van der Waals surface area contributed by atoms with Crippen molar-refractivity contribution in [3.8, 4) is 23.0 Å². The van der Waals surface area contributed by atoms with E-state index < -0.39 is 109 Å². The molecule has 115 heavy (non-hydrogen) atoms. The second-order valence-corrected chi connectivity index (χ2v) is 29.3. The first-order valence-electron chi connectivity index (χ1n) is 37.3. The molecule has 7 N–H and O–H groups in total. The van der Waals surface area contributed by atoms with Gasteiger partial charge in [0.2, 0.25) is 0 Å². The third-order valence-corrected chi connectivity index (χ3v) is 22.2. The number of nitrogen functional groups attached to an aromatic ring is 1. The fourth-order valence-corrected chi connectivity index (χ4v) is 16.6. The summed E-state index contributed by atoms with van der Waals surface area (Å²) in [4.78, 5) is 48.0. The van der Waals surface area contributed by atoms with Crippen molar-refractivity contribution in [2.45, 2.75) is 105 Å². The molecule has 0 bridgehead atoms. The van der Waals surface area contributed by atoms with Crippen molar-refractivity contribution in [2.75, 3.05) is 39.5 Å². The number of nitrogens with one attached hydrogen (secondary N) is 2. The lowest BCUT2D eigenvalue weighted by atomic mass is 9.77. The van der Waals surface area contributed by atoms with Gasteiger partial charge in [-0.1, -0.05) is 237 Å². The van der Waals surface area contributed by atoms with Crippen molar-refractivity contribution in [2.24, 2.45) is 0 Å². The Morgan fingerprint density at radius 2 is 0.826 bits per heavy atom. The van der Waals surface area contributed by atoms with Crippen molar-refractivity contribution >= 4 is 25.4 Å². The molecule has 592 valence electrons. The van der Waals surface area contributed by atoms with Gasteiger partial charge in [0.25, 0.3) is 0 Å². The summed E-state index contributed by atoms with van der Waals surface area (Å²) >= 11 is 0. The van der Waals surface area contributed by atoms with E-state index in [9.17, 15) is 29.5 Å². The highest BCUT2D eigenvalue weighted by molar-refractivity contribution is 7.52. The monoisotopic (exact) mass is 1570 g/mol. The molecule has 0 radical (unpaired) electrons. The number of hydrogen-bond donors (Lipinski definition) is 6. The molecular formula is C90H90N7O17P. The molecule has 12 atom stereocenters. The van der Waals surface area contributed by atoms with E-state index in [0.29, 0.717) is 23.1 Å². The van der Waals surface area contributed by atoms with Crippen molar-refractivity contribution in [3.05, 3.63) is 381 Å². The first-order valence-corrected chi connectivity index (χ1v) is 38.9. The number of rotatable bonds is 29. The maximum atomic E-state index is 15.5. The zero-order chi connectivity index (χ0) is 80.9. The highest BCUT2D eigenvalue weighted by Crippen LogP contribution is 2.52. The number of carbonyl (C=O) groups is 1. The normalized spacial score (nSPS) is 19.4. The van der Waals surface area contributed by atoms with Crippen LogP contribution in [0.15, 0.2) is 319 Å². The molecule has 0 spiro atoms. The summed E-state index contributed by atoms with van der Waals surface area (Å²) in [5.74, 6) is 1.77. The van der Waals surface area contributed by atoms with E-state index in [1.807, 2.05) is 231 Å². The van der Waals surface area contributed by atoms with Crippen LogP contribution in [-0.2, 0) is 54.3 Å². The summed E-state index contributed by atoms with van der Waals surface area (Å²) in [7, 11) is 1.83. The molecule has 2 fully saturated rings. The average Bonchev–Trinajstić information content (AvgIpc) is 1.69. The van der Waals surface area contributed by atoms with E-state index in [2.05, 4.69) is 44.4 Å². The van der Waals surface area contributed by atoms with Crippen LogP contribution in [-0.4, -0.2) is 124 Å². The summed E-state index contributed by atoms with van der Waals surface area (Å²) in [5.41, 5.74) is 7.60. The van der Waals surface area contributed by atoms with Crippen LogP contribution in [0.2, 0.25) is 0 Å². The van der Waals surface area contributed by atoms with Crippen LogP contribution in [0.5, 0.6) is 23.0 Å². The quantitative estimate of drug-likeness (QED) is 0.0144. The molecule has 14 rings (SSSR count). The predicted molar refractivity (Wildman–Crippen MR) is 433 cm³/mol. The second-order valence-electron chi connectivity index (χ2n) is 27.6. The molecule has 3 unspecified atom stereocenters. The molecule has 12 aromatic rings. The first-order chi connectivity index (χ1) is 55.8. The second kappa shape index (κ2) is 36.1. The zero-order valence-electron chi connectivity index (χ0n) is 64.2. The molecule has 2 saturated heterocycles. The molecule has 4 heterocycles. The van der Waals surface area contributed by atoms with Crippen LogP contribution in [0.3, 0.4) is 0 Å². The molecule has 2 aromatic heterocycles. The smallest absolute Gasteiger partial charge is 0.459 e. The number of nitrogens with zero attached hydrogens (tertiary/aromatic N) is 4. The van der Waals surface area contributed by atoms with E-state index in [-0.39, 0.29) is 11.6 Å². The maximum Gasteiger partial charge on any atom is 0.459 e. The molecule has 0 aliphatic carbocycles. The van der Waals surface area contributed by atoms with Gasteiger partial charge < -0.3 is 68.8 Å². The first kappa shape index (κ1) is 81.1. The van der Waals surface area contributed by atoms with Crippen LogP contribution < -0.4 is 46.3 Å². The Hall–Kier alpha value is -11.9. The summed E-state index contributed by atoms with van der Waals surface area (Å²) in [6, 6.07) is 93.7. The standard InChI is InChI=1S/C70H63N3O8.C20H27N4O9P/c1-49(74)63-64(80-69(53-27-15-7-16-28-53,54-29-17-8-18-30-54)57-37-43-60(77-3)44-38-57)65(81-70(55-31-19-9-20-32-55,56-33-21-10-22-34-56)58-39-45-61(78-4)46-40-58)66(79-63)73-48-47-62(71-67(73)75)72-68(50-23-11-5-12-24-50,51-25-13-6-14-26-51)52-35-41-59(76-2)42-36-52;1-11(19(27)30-3)23-34(29,33-13-7-5-4-6-8-13)32-12(2)17-15(25)16(26)18(31-17)24-10-9-14(21)22-20(24)28/h5-49,63-66,74H,1-4H3,(H,71,72,75);4-12,15-18,25-26H,1-3H3,(H,23,29)(H2,21,22,28)/t49-,63?,64+,65-,66+;11-,12+,15-,16-,17?,18+,34?/m00/s1. The fourth-order valence-electron chi connectivity index (χ4n) is 14.9. The van der Waals surface area contributed by atoms with E-state index >= 15 is 4.79 Å². The van der Waals surface area contributed by atoms with E-state index in [0.717, 1.165) is 54.6 Å². The lowest BCUT2D eigenvalue weighted by Crippen LogP contribution is -2.50. The Morgan fingerprint density at radius 3 is 1.23 bits per heavy atom. The van der Waals surface area contributed by atoms with Crippen molar-refractivity contribution in [1.82, 2.24) is 24.2 Å². The summed E-state index contributed by atoms with van der Waals surface area (Å²) in [5, 5.41) is 39.6. The largest absolute Gasteiger partial charge is 0.497 e. The van der Waals surface area contributed by atoms with Crippen LogP contribution in [0, 0.1) is 0 Å². The topological polar surface area (TPSA) is 307 Å². The van der Waals surface area contributed by atoms with Crippen LogP contribution in [0.1, 0.15) is 83.3 Å². The number of methoxy groups -OCH3 is 4. The Morgan fingerprint density at radius 1 is 0.461 bits per heavy atom. The summed E-state index contributed by atoms with van der Waals surface area (Å²) in [6.45, 7) is 4.51. The van der Waals surface area contributed by atoms with E-state index in [1.54, 1.807) is 58.7 Å². The number of nitrogens with two attached hydrogens (primary N) is 1. The molecule has 10 aromatic carbocycles. The van der Waals surface area contributed by atoms with Gasteiger partial charge in [-0.25, -0.2) is 14.2 Å². The van der Waals surface area contributed by atoms with E-state index in [4.69, 9.17) is 52.9 Å². The maximum absolute atomic E-state index is 15.5. The van der Waals surface area contributed by atoms with E-state index in [1.165, 1.54) is 49.9 Å². The molecule has 24 nitrogen and oxygen atoms in total. The zero-order valence-corrected chi connectivity index (χ0v) is 65.1. The van der Waals surface area contributed by atoms with Crippen molar-refractivity contribution < 1.29 is 71.6 Å². The fraction of sp³-hybridized carbons (Fsp3) is 0.233. The Labute approximate surface area is 665 Å². The van der Waals surface area contributed by atoms with Crippen molar-refractivity contribution in [3.63, 3.8) is 0 Å². The average molecular weight is 1570 g/mol. The Balaban J connectivity index is 0.000000283. The third-order valence-electron chi connectivity index (χ3n) is 20.4. The van der Waals surface area contributed by atoms with Gasteiger partial charge in [-0.2, -0.15) is 15.1 Å². The van der Waals surface area contributed by atoms with Gasteiger partial charge in [-0.05, 0) is 132 Å². The molecule has 0 saturated carbocycles. The number of aliphatic hydroxyl groups excluding tert-OH is 3. The lowest BCUT2D eigenvalue weighted by Gasteiger charge is -2.44. The molecular weight excluding hydrogens is 1480 g/mol. The minimum atomic E-state index is -4.25. The number of aliphatic hydroxyl groups is 3. The minimum absolute atomic E-state index is 0.0210. The third kappa shape index (κ3) is 17.2. The Bertz CT molecular complexity index is 5210. The molecule has 2 aliphatic rings. The van der Waals surface area contributed by atoms with Gasteiger partial charge in [0.05, 0.1) is 40.6 Å². The van der Waals surface area contributed by atoms with Crippen molar-refractivity contribution in [1.29, 1.82) is 0 Å². The molecule has 0 amide bonds. The van der Waals surface area contributed by atoms with Gasteiger partial charge in [0.1, 0.15) is 94.0 Å². The van der Waals surface area contributed by atoms with Crippen LogP contribution >= 0.6 is 7.75 Å². The number of benzene rings is 10. The number of hydrogen-bond acceptors (Lipinski definition) is 21. The highest BCUT2D eigenvalue weighted by atomic mass is 31.2. The summed E-state index contributed by atoms with van der Waals surface area (Å²) in [6.07, 6.45) is -9.63. The number of para-hydroxylation sites is 1. The van der Waals surface area contributed by atoms with Crippen LogP contribution in [0.25, 0.3) is 0 Å². The number of carbonyl (C=O) groups excluding carboxylic acids is 1. The predicted octanol–water partition coefficient (Wildman–Crippen LogP) is 12.9. The molecule has 25 heteroatoms. The van der Waals surface area contributed by atoms with Gasteiger partial charge in [0, 0.05) is 12.4 Å². The lowest BCUT2D eigenvalue weighted by molar-refractivity contribution is -0.159. The van der Waals surface area contributed by atoms with Crippen LogP contribution in [0.4, 0.5) is 11.6 Å². The number of ether oxygens (including phenoxy) is 8. The van der Waals surface area contributed by atoms with Gasteiger partial charge in [-0.15, -0.1) is 0 Å². The van der Waals surface area contributed by atoms with Gasteiger partial charge in [0.15, 0.2) is 12.5 Å². The molecule has 2 aliphatic heterocycles. The van der Waals surface area contributed by atoms with Gasteiger partial charge in [-0.3, -0.25) is 18.5 Å². The Kier molecular flexibility index (Phi) is 25.4. The number of anilines is 2. The SMILES string of the molecule is COC(=O)[C@H](C)NP(=O)(Oc1ccccc1)O[C@H](C)C1O[C@@H](n2ccc(N)nc2=O)[C@@H](O)[C@@H]1O.COc1ccc(C(Nc2ccn([C@@H]3OC([C@H](C)O)[C@@H](OC(c4ccccc4)(c4ccccc4)c4ccc(OC)cc4)[C@@H]3OC(c3ccccc3)(c3ccccc3)c3ccc(OC)cc3)c(=O)n2)(c2ccccc2)c2ccccc2)cc1. The number of esters is 1. The number of aromatic nitrogens is 4. The minimum Gasteiger partial charge on any atom is -0.497 e.